The number of phenolic OH excluding ortho intramolecular Hbond substituents is 1. The van der Waals surface area contributed by atoms with Gasteiger partial charge in [-0.1, -0.05) is 42.5 Å². The molecule has 3 heteroatoms. The van der Waals surface area contributed by atoms with E-state index in [4.69, 9.17) is 5.73 Å². The summed E-state index contributed by atoms with van der Waals surface area (Å²) < 4.78 is 2.14. The van der Waals surface area contributed by atoms with Crippen LogP contribution >= 0.6 is 0 Å². The Morgan fingerprint density at radius 3 is 2.41 bits per heavy atom. The highest BCUT2D eigenvalue weighted by atomic mass is 16.3. The van der Waals surface area contributed by atoms with Crippen LogP contribution in [-0.4, -0.2) is 9.67 Å². The Morgan fingerprint density at radius 1 is 0.864 bits per heavy atom. The highest BCUT2D eigenvalue weighted by Gasteiger charge is 2.17. The number of aryl methyl sites for hydroxylation is 1. The fourth-order valence-electron chi connectivity index (χ4n) is 3.25. The zero-order valence-electron chi connectivity index (χ0n) is 12.2. The molecule has 0 bridgehead atoms. The van der Waals surface area contributed by atoms with Gasteiger partial charge in [-0.05, 0) is 18.2 Å². The van der Waals surface area contributed by atoms with Gasteiger partial charge in [-0.25, -0.2) is 0 Å². The molecule has 0 amide bonds. The van der Waals surface area contributed by atoms with E-state index in [9.17, 15) is 5.11 Å². The van der Waals surface area contributed by atoms with Crippen LogP contribution in [0.5, 0.6) is 5.75 Å². The Balaban J connectivity index is 2.24. The van der Waals surface area contributed by atoms with Crippen LogP contribution < -0.4 is 5.73 Å². The van der Waals surface area contributed by atoms with Crippen molar-refractivity contribution in [2.45, 2.75) is 0 Å². The maximum atomic E-state index is 10.2. The minimum atomic E-state index is 0.243. The fourth-order valence-corrected chi connectivity index (χ4v) is 3.25. The number of nitrogen functional groups attached to an aromatic ring is 1. The van der Waals surface area contributed by atoms with Crippen molar-refractivity contribution in [1.82, 2.24) is 4.57 Å². The van der Waals surface area contributed by atoms with Crippen LogP contribution in [0.2, 0.25) is 0 Å². The van der Waals surface area contributed by atoms with Crippen LogP contribution in [0.4, 0.5) is 5.69 Å². The average Bonchev–Trinajstić information content (AvgIpc) is 2.82. The van der Waals surface area contributed by atoms with E-state index in [-0.39, 0.29) is 5.75 Å². The van der Waals surface area contributed by atoms with E-state index in [1.807, 2.05) is 43.4 Å². The van der Waals surface area contributed by atoms with E-state index in [0.717, 1.165) is 27.5 Å². The van der Waals surface area contributed by atoms with E-state index in [2.05, 4.69) is 22.8 Å². The molecule has 0 radical (unpaired) electrons. The van der Waals surface area contributed by atoms with Gasteiger partial charge in [-0.3, -0.25) is 0 Å². The predicted octanol–water partition coefficient (Wildman–Crippen LogP) is 4.29. The number of aromatic hydroxyl groups is 1. The van der Waals surface area contributed by atoms with Crippen molar-refractivity contribution in [2.24, 2.45) is 7.05 Å². The van der Waals surface area contributed by atoms with Gasteiger partial charge in [0.1, 0.15) is 5.75 Å². The Morgan fingerprint density at radius 2 is 1.59 bits per heavy atom. The van der Waals surface area contributed by atoms with Crippen molar-refractivity contribution in [1.29, 1.82) is 0 Å². The molecule has 4 rings (SSSR count). The lowest BCUT2D eigenvalue weighted by atomic mass is 9.99. The number of para-hydroxylation sites is 2. The molecule has 0 aliphatic heterocycles. The first kappa shape index (κ1) is 12.8. The molecule has 1 heterocycles. The summed E-state index contributed by atoms with van der Waals surface area (Å²) in [6.07, 6.45) is 0. The van der Waals surface area contributed by atoms with E-state index >= 15 is 0 Å². The Labute approximate surface area is 128 Å². The normalized spacial score (nSPS) is 11.3. The molecule has 0 atom stereocenters. The molecule has 0 fully saturated rings. The molecule has 3 aromatic carbocycles. The second-order valence-corrected chi connectivity index (χ2v) is 5.52. The third kappa shape index (κ3) is 1.62. The highest BCUT2D eigenvalue weighted by molar-refractivity contribution is 6.15. The number of nitrogens with two attached hydrogens (primary N) is 1. The zero-order valence-corrected chi connectivity index (χ0v) is 12.2. The molecule has 3 nitrogen and oxygen atoms in total. The third-order valence-corrected chi connectivity index (χ3v) is 4.27. The topological polar surface area (TPSA) is 51.2 Å². The van der Waals surface area contributed by atoms with Crippen molar-refractivity contribution in [3.8, 4) is 16.9 Å². The summed E-state index contributed by atoms with van der Waals surface area (Å²) in [7, 11) is 2.04. The summed E-state index contributed by atoms with van der Waals surface area (Å²) in [6.45, 7) is 0. The fraction of sp³-hybridized carbons (Fsp3) is 0.0526. The molecule has 0 unspecified atom stereocenters. The number of fused-ring (bicyclic) bond motifs is 3. The molecule has 0 aliphatic rings. The van der Waals surface area contributed by atoms with Gasteiger partial charge in [0.05, 0.1) is 5.52 Å². The Bertz CT molecular complexity index is 1010. The lowest BCUT2D eigenvalue weighted by Crippen LogP contribution is -1.95. The summed E-state index contributed by atoms with van der Waals surface area (Å²) >= 11 is 0. The molecular formula is C19H16N2O. The van der Waals surface area contributed by atoms with Crippen LogP contribution in [-0.2, 0) is 7.05 Å². The first-order valence-corrected chi connectivity index (χ1v) is 7.22. The van der Waals surface area contributed by atoms with E-state index in [0.29, 0.717) is 5.69 Å². The maximum Gasteiger partial charge on any atom is 0.123 e. The smallest absolute Gasteiger partial charge is 0.123 e. The first-order chi connectivity index (χ1) is 10.7. The summed E-state index contributed by atoms with van der Waals surface area (Å²) in [5.41, 5.74) is 10.8. The quantitative estimate of drug-likeness (QED) is 0.513. The van der Waals surface area contributed by atoms with Crippen LogP contribution in [0.3, 0.4) is 0 Å². The highest BCUT2D eigenvalue weighted by Crippen LogP contribution is 2.41. The van der Waals surface area contributed by atoms with Gasteiger partial charge >= 0.3 is 0 Å². The summed E-state index contributed by atoms with van der Waals surface area (Å²) in [5.74, 6) is 0.243. The number of hydrogen-bond acceptors (Lipinski definition) is 2. The van der Waals surface area contributed by atoms with Gasteiger partial charge in [0.15, 0.2) is 0 Å². The predicted molar refractivity (Wildman–Crippen MR) is 91.9 cm³/mol. The number of hydrogen-bond donors (Lipinski definition) is 2. The molecule has 3 N–H and O–H groups in total. The van der Waals surface area contributed by atoms with Gasteiger partial charge in [-0.15, -0.1) is 0 Å². The van der Waals surface area contributed by atoms with Gasteiger partial charge in [0.25, 0.3) is 0 Å². The lowest BCUT2D eigenvalue weighted by molar-refractivity contribution is 0.477. The van der Waals surface area contributed by atoms with E-state index < -0.39 is 0 Å². The van der Waals surface area contributed by atoms with Crippen LogP contribution in [0, 0.1) is 0 Å². The number of phenols is 1. The molecule has 22 heavy (non-hydrogen) atoms. The maximum absolute atomic E-state index is 10.2. The second kappa shape index (κ2) is 4.53. The SMILES string of the molecule is Cn1c2ccccc2c2ccc(N)c(-c3ccccc3O)c21. The van der Waals surface area contributed by atoms with Crippen LogP contribution in [0.1, 0.15) is 0 Å². The molecule has 4 aromatic rings. The largest absolute Gasteiger partial charge is 0.507 e. The van der Waals surface area contributed by atoms with Gasteiger partial charge in [0.2, 0.25) is 0 Å². The average molecular weight is 288 g/mol. The van der Waals surface area contributed by atoms with E-state index in [1.54, 1.807) is 6.07 Å². The van der Waals surface area contributed by atoms with E-state index in [1.165, 1.54) is 5.39 Å². The second-order valence-electron chi connectivity index (χ2n) is 5.52. The number of nitrogens with zero attached hydrogens (tertiary/aromatic N) is 1. The summed E-state index contributed by atoms with van der Waals surface area (Å²) in [6, 6.07) is 19.6. The lowest BCUT2D eigenvalue weighted by Gasteiger charge is -2.11. The zero-order chi connectivity index (χ0) is 15.3. The molecule has 0 spiro atoms. The van der Waals surface area contributed by atoms with Gasteiger partial charge in [-0.2, -0.15) is 0 Å². The monoisotopic (exact) mass is 288 g/mol. The van der Waals surface area contributed by atoms with Crippen molar-refractivity contribution in [2.75, 3.05) is 5.73 Å². The molecular weight excluding hydrogens is 272 g/mol. The van der Waals surface area contributed by atoms with Crippen molar-refractivity contribution >= 4 is 27.5 Å². The Kier molecular flexibility index (Phi) is 2.63. The summed E-state index contributed by atoms with van der Waals surface area (Å²) in [4.78, 5) is 0. The third-order valence-electron chi connectivity index (χ3n) is 4.27. The van der Waals surface area contributed by atoms with Crippen LogP contribution in [0.15, 0.2) is 60.7 Å². The molecule has 1 aromatic heterocycles. The first-order valence-electron chi connectivity index (χ1n) is 7.22. The molecule has 0 aliphatic carbocycles. The standard InChI is InChI=1S/C19H16N2O/c1-21-16-8-4-2-6-12(16)13-10-11-15(20)18(19(13)21)14-7-3-5-9-17(14)22/h2-11,22H,20H2,1H3. The van der Waals surface area contributed by atoms with Crippen LogP contribution in [0.25, 0.3) is 32.9 Å². The number of aromatic nitrogens is 1. The number of benzene rings is 3. The number of rotatable bonds is 1. The molecule has 0 saturated carbocycles. The van der Waals surface area contributed by atoms with Gasteiger partial charge < -0.3 is 15.4 Å². The van der Waals surface area contributed by atoms with Gasteiger partial charge in [0, 0.05) is 40.2 Å². The molecule has 0 saturated heterocycles. The minimum Gasteiger partial charge on any atom is -0.507 e. The van der Waals surface area contributed by atoms with Crippen molar-refractivity contribution in [3.63, 3.8) is 0 Å². The molecule has 108 valence electrons. The summed E-state index contributed by atoms with van der Waals surface area (Å²) in [5, 5.41) is 12.6. The van der Waals surface area contributed by atoms with Crippen molar-refractivity contribution < 1.29 is 5.11 Å². The minimum absolute atomic E-state index is 0.243. The van der Waals surface area contributed by atoms with Crippen molar-refractivity contribution in [3.05, 3.63) is 60.7 Å². The number of anilines is 1. The Hall–Kier alpha value is -2.94.